The van der Waals surface area contributed by atoms with Gasteiger partial charge in [0.25, 0.3) is 0 Å². The molecule has 2 aromatic carbocycles. The van der Waals surface area contributed by atoms with Crippen molar-refractivity contribution in [3.8, 4) is 5.75 Å². The van der Waals surface area contributed by atoms with Gasteiger partial charge < -0.3 is 20.7 Å². The summed E-state index contributed by atoms with van der Waals surface area (Å²) >= 11 is 0. The molecule has 0 spiro atoms. The maximum atomic E-state index is 11.5. The molecule has 5 N–H and O–H groups in total. The van der Waals surface area contributed by atoms with E-state index in [9.17, 15) is 8.42 Å². The Balaban J connectivity index is 1.66. The fourth-order valence-corrected chi connectivity index (χ4v) is 3.71. The zero-order valence-electron chi connectivity index (χ0n) is 17.0. The molecule has 0 aliphatic carbocycles. The first kappa shape index (κ1) is 21.5. The van der Waals surface area contributed by atoms with E-state index in [-0.39, 0.29) is 6.17 Å². The fraction of sp³-hybridized carbons (Fsp3) is 0.238. The highest BCUT2D eigenvalue weighted by Crippen LogP contribution is 2.23. The molecule has 1 atom stereocenters. The van der Waals surface area contributed by atoms with Gasteiger partial charge in [0.05, 0.1) is 31.8 Å². The second-order valence-electron chi connectivity index (χ2n) is 6.92. The van der Waals surface area contributed by atoms with Crippen LogP contribution in [-0.2, 0) is 16.6 Å². The summed E-state index contributed by atoms with van der Waals surface area (Å²) in [6, 6.07) is 15.1. The Morgan fingerprint density at radius 2 is 2.07 bits per heavy atom. The third-order valence-electron chi connectivity index (χ3n) is 4.57. The van der Waals surface area contributed by atoms with Crippen LogP contribution in [0, 0.1) is 0 Å². The highest BCUT2D eigenvalue weighted by Gasteiger charge is 2.18. The maximum Gasteiger partial charge on any atom is 0.229 e. The molecule has 0 saturated heterocycles. The second-order valence-corrected chi connectivity index (χ2v) is 8.67. The van der Waals surface area contributed by atoms with Crippen molar-refractivity contribution in [1.29, 1.82) is 0 Å². The first-order valence-electron chi connectivity index (χ1n) is 9.44. The monoisotopic (exact) mass is 429 g/mol. The molecule has 0 bridgehead atoms. The minimum Gasteiger partial charge on any atom is -0.497 e. The molecule has 0 amide bonds. The van der Waals surface area contributed by atoms with Gasteiger partial charge in [0.15, 0.2) is 0 Å². The first-order valence-corrected chi connectivity index (χ1v) is 11.3. The number of anilines is 1. The summed E-state index contributed by atoms with van der Waals surface area (Å²) in [5, 5.41) is 6.77. The molecule has 0 saturated carbocycles. The van der Waals surface area contributed by atoms with Gasteiger partial charge in [-0.05, 0) is 29.8 Å². The van der Waals surface area contributed by atoms with Gasteiger partial charge in [0, 0.05) is 36.4 Å². The Labute approximate surface area is 177 Å². The molecule has 1 heterocycles. The Hall–Kier alpha value is -3.17. The van der Waals surface area contributed by atoms with E-state index in [0.717, 1.165) is 28.8 Å². The average molecular weight is 430 g/mol. The molecule has 160 valence electrons. The summed E-state index contributed by atoms with van der Waals surface area (Å²) in [4.78, 5) is 2.02. The number of methoxy groups -OCH3 is 1. The summed E-state index contributed by atoms with van der Waals surface area (Å²) in [5.41, 5.74) is 9.15. The van der Waals surface area contributed by atoms with Crippen LogP contribution in [0.5, 0.6) is 5.75 Å². The van der Waals surface area contributed by atoms with E-state index in [4.69, 9.17) is 10.5 Å². The Morgan fingerprint density at radius 1 is 1.30 bits per heavy atom. The lowest BCUT2D eigenvalue weighted by molar-refractivity contribution is 0.352. The minimum atomic E-state index is -3.35. The molecule has 9 heteroatoms. The number of ether oxygens (including phenoxy) is 1. The summed E-state index contributed by atoms with van der Waals surface area (Å²) in [7, 11) is -1.71. The normalized spacial score (nSPS) is 16.8. The number of benzene rings is 2. The fourth-order valence-electron chi connectivity index (χ4n) is 3.16. The Morgan fingerprint density at radius 3 is 2.73 bits per heavy atom. The lowest BCUT2D eigenvalue weighted by atomic mass is 10.1. The van der Waals surface area contributed by atoms with Crippen molar-refractivity contribution in [1.82, 2.24) is 15.5 Å². The SMILES string of the molecule is COc1ccc(CNC2CN(/C(=C\N)c3cccc(NS(C)(=O)=O)c3)C=CN2)cc1. The lowest BCUT2D eigenvalue weighted by Crippen LogP contribution is -2.49. The van der Waals surface area contributed by atoms with E-state index in [2.05, 4.69) is 15.4 Å². The molecule has 3 rings (SSSR count). The molecule has 0 fully saturated rings. The molecule has 2 aromatic rings. The summed E-state index contributed by atoms with van der Waals surface area (Å²) < 4.78 is 30.7. The maximum absolute atomic E-state index is 11.5. The van der Waals surface area contributed by atoms with Gasteiger partial charge in [-0.15, -0.1) is 0 Å². The van der Waals surface area contributed by atoms with E-state index in [1.165, 1.54) is 6.20 Å². The van der Waals surface area contributed by atoms with Gasteiger partial charge in [-0.25, -0.2) is 8.42 Å². The lowest BCUT2D eigenvalue weighted by Gasteiger charge is -2.33. The van der Waals surface area contributed by atoms with E-state index in [0.29, 0.717) is 18.8 Å². The van der Waals surface area contributed by atoms with E-state index < -0.39 is 10.0 Å². The van der Waals surface area contributed by atoms with Crippen LogP contribution >= 0.6 is 0 Å². The number of rotatable bonds is 8. The highest BCUT2D eigenvalue weighted by atomic mass is 32.2. The standard InChI is InChI=1S/C21H27N5O3S/c1-29-19-8-6-16(7-9-19)14-24-21-15-26(11-10-23-21)20(13-22)17-4-3-5-18(12-17)25-30(2,27)28/h3-13,21,23-25H,14-15,22H2,1-2H3/b20-13-. The van der Waals surface area contributed by atoms with E-state index in [1.54, 1.807) is 25.3 Å². The third kappa shape index (κ3) is 5.91. The van der Waals surface area contributed by atoms with Crippen molar-refractivity contribution in [2.75, 3.05) is 24.6 Å². The van der Waals surface area contributed by atoms with Gasteiger partial charge in [-0.3, -0.25) is 10.0 Å². The minimum absolute atomic E-state index is 0.00405. The number of hydrogen-bond donors (Lipinski definition) is 4. The second kappa shape index (κ2) is 9.55. The van der Waals surface area contributed by atoms with Crippen LogP contribution in [0.4, 0.5) is 5.69 Å². The van der Waals surface area contributed by atoms with Gasteiger partial charge in [-0.2, -0.15) is 0 Å². The van der Waals surface area contributed by atoms with Crippen molar-refractivity contribution >= 4 is 21.4 Å². The number of sulfonamides is 1. The predicted molar refractivity (Wildman–Crippen MR) is 120 cm³/mol. The first-order chi connectivity index (χ1) is 14.4. The molecule has 1 unspecified atom stereocenters. The summed E-state index contributed by atoms with van der Waals surface area (Å²) in [5.74, 6) is 0.828. The van der Waals surface area contributed by atoms with Gasteiger partial charge in [0.2, 0.25) is 10.0 Å². The van der Waals surface area contributed by atoms with Crippen molar-refractivity contribution < 1.29 is 13.2 Å². The van der Waals surface area contributed by atoms with Gasteiger partial charge >= 0.3 is 0 Å². The van der Waals surface area contributed by atoms with E-state index >= 15 is 0 Å². The van der Waals surface area contributed by atoms with Crippen LogP contribution in [0.2, 0.25) is 0 Å². The zero-order valence-corrected chi connectivity index (χ0v) is 17.8. The molecule has 1 aliphatic heterocycles. The molecule has 0 aromatic heterocycles. The smallest absolute Gasteiger partial charge is 0.229 e. The molecular formula is C21H27N5O3S. The predicted octanol–water partition coefficient (Wildman–Crippen LogP) is 1.82. The molecule has 8 nitrogen and oxygen atoms in total. The number of nitrogens with one attached hydrogen (secondary N) is 3. The van der Waals surface area contributed by atoms with Gasteiger partial charge in [-0.1, -0.05) is 24.3 Å². The number of hydrogen-bond acceptors (Lipinski definition) is 7. The number of nitrogens with zero attached hydrogens (tertiary/aromatic N) is 1. The topological polar surface area (TPSA) is 109 Å². The summed E-state index contributed by atoms with van der Waals surface area (Å²) in [6.45, 7) is 1.33. The van der Waals surface area contributed by atoms with Crippen LogP contribution in [0.25, 0.3) is 5.70 Å². The quantitative estimate of drug-likeness (QED) is 0.507. The van der Waals surface area contributed by atoms with E-state index in [1.807, 2.05) is 47.6 Å². The summed E-state index contributed by atoms with van der Waals surface area (Å²) in [6.07, 6.45) is 6.41. The average Bonchev–Trinajstić information content (AvgIpc) is 2.73. The zero-order chi connectivity index (χ0) is 21.6. The van der Waals surface area contributed by atoms with Crippen molar-refractivity contribution in [2.24, 2.45) is 5.73 Å². The molecule has 1 aliphatic rings. The van der Waals surface area contributed by atoms with Crippen LogP contribution in [-0.4, -0.2) is 39.4 Å². The highest BCUT2D eigenvalue weighted by molar-refractivity contribution is 7.92. The Bertz CT molecular complexity index is 1020. The van der Waals surface area contributed by atoms with Crippen molar-refractivity contribution in [3.63, 3.8) is 0 Å². The van der Waals surface area contributed by atoms with Crippen LogP contribution < -0.4 is 25.8 Å². The molecule has 0 radical (unpaired) electrons. The van der Waals surface area contributed by atoms with Crippen LogP contribution in [0.15, 0.2) is 67.1 Å². The number of nitrogens with two attached hydrogens (primary N) is 1. The van der Waals surface area contributed by atoms with Crippen LogP contribution in [0.3, 0.4) is 0 Å². The molecule has 30 heavy (non-hydrogen) atoms. The Kier molecular flexibility index (Phi) is 6.86. The molecular weight excluding hydrogens is 402 g/mol. The van der Waals surface area contributed by atoms with Crippen molar-refractivity contribution in [3.05, 3.63) is 78.3 Å². The van der Waals surface area contributed by atoms with Crippen LogP contribution in [0.1, 0.15) is 11.1 Å². The van der Waals surface area contributed by atoms with Crippen molar-refractivity contribution in [2.45, 2.75) is 12.7 Å². The van der Waals surface area contributed by atoms with Gasteiger partial charge in [0.1, 0.15) is 5.75 Å². The largest absolute Gasteiger partial charge is 0.497 e. The third-order valence-corrected chi connectivity index (χ3v) is 5.18.